The number of nitrogens with zero attached hydrogens (tertiary/aromatic N) is 1. The Bertz CT molecular complexity index is 561. The summed E-state index contributed by atoms with van der Waals surface area (Å²) < 4.78 is 27.0. The zero-order chi connectivity index (χ0) is 16.2. The van der Waals surface area contributed by atoms with Gasteiger partial charge in [-0.3, -0.25) is 14.9 Å². The van der Waals surface area contributed by atoms with E-state index in [2.05, 4.69) is 5.32 Å². The highest BCUT2D eigenvalue weighted by Gasteiger charge is 2.26. The predicted molar refractivity (Wildman–Crippen MR) is 70.9 cm³/mol. The maximum Gasteiger partial charge on any atom is 0.308 e. The Labute approximate surface area is 119 Å². The van der Waals surface area contributed by atoms with Crippen LogP contribution in [0.1, 0.15) is 37.0 Å². The molecule has 1 rings (SSSR count). The molecule has 0 aromatic heterocycles. The minimum absolute atomic E-state index is 0.177. The number of benzene rings is 1. The molecule has 1 aromatic rings. The van der Waals surface area contributed by atoms with Crippen LogP contribution in [-0.4, -0.2) is 28.1 Å². The van der Waals surface area contributed by atoms with Crippen molar-refractivity contribution in [1.82, 2.24) is 5.32 Å². The summed E-state index contributed by atoms with van der Waals surface area (Å²) in [6, 6.07) is 0.978. The topological polar surface area (TPSA) is 92.5 Å². The summed E-state index contributed by atoms with van der Waals surface area (Å²) in [4.78, 5) is 21.3. The molecule has 0 saturated carbocycles. The van der Waals surface area contributed by atoms with Crippen LogP contribution in [0.2, 0.25) is 0 Å². The van der Waals surface area contributed by atoms with Crippen molar-refractivity contribution >= 4 is 11.6 Å². The minimum atomic E-state index is -1.41. The molecule has 6 nitrogen and oxygen atoms in total. The van der Waals surface area contributed by atoms with Crippen LogP contribution in [0.25, 0.3) is 0 Å². The molecule has 1 aromatic carbocycles. The summed E-state index contributed by atoms with van der Waals surface area (Å²) >= 11 is 0. The van der Waals surface area contributed by atoms with Gasteiger partial charge in [0.05, 0.1) is 22.2 Å². The van der Waals surface area contributed by atoms with E-state index in [1.165, 1.54) is 6.92 Å². The third kappa shape index (κ3) is 4.45. The summed E-state index contributed by atoms with van der Waals surface area (Å²) in [6.45, 7) is 3.15. The first-order valence-corrected chi connectivity index (χ1v) is 6.32. The maximum absolute atomic E-state index is 13.8. The highest BCUT2D eigenvalue weighted by Crippen LogP contribution is 2.22. The van der Waals surface area contributed by atoms with Gasteiger partial charge in [0.2, 0.25) is 5.82 Å². The molecule has 0 spiro atoms. The molecule has 0 fully saturated rings. The molecule has 1 atom stereocenters. The number of aliphatic hydroxyl groups is 1. The fraction of sp³-hybridized carbons (Fsp3) is 0.462. The van der Waals surface area contributed by atoms with Gasteiger partial charge >= 0.3 is 5.69 Å². The van der Waals surface area contributed by atoms with Crippen molar-refractivity contribution in [2.24, 2.45) is 0 Å². The molecule has 0 aliphatic carbocycles. The quantitative estimate of drug-likeness (QED) is 0.622. The molecule has 0 heterocycles. The van der Waals surface area contributed by atoms with Gasteiger partial charge in [0.15, 0.2) is 0 Å². The van der Waals surface area contributed by atoms with Gasteiger partial charge in [-0.1, -0.05) is 13.3 Å². The summed E-state index contributed by atoms with van der Waals surface area (Å²) in [5, 5.41) is 22.7. The number of hydrogen-bond acceptors (Lipinski definition) is 4. The van der Waals surface area contributed by atoms with Gasteiger partial charge in [0.1, 0.15) is 5.82 Å². The molecule has 1 amide bonds. The molecular formula is C13H16F2N2O4. The van der Waals surface area contributed by atoms with Gasteiger partial charge in [0.25, 0.3) is 5.91 Å². The Balaban J connectivity index is 2.96. The normalized spacial score (nSPS) is 13.6. The van der Waals surface area contributed by atoms with E-state index in [1.54, 1.807) is 0 Å². The van der Waals surface area contributed by atoms with Gasteiger partial charge < -0.3 is 10.4 Å². The number of nitro benzene ring substituents is 1. The van der Waals surface area contributed by atoms with Crippen molar-refractivity contribution in [2.75, 3.05) is 6.54 Å². The Morgan fingerprint density at radius 2 is 2.10 bits per heavy atom. The fourth-order valence-electron chi connectivity index (χ4n) is 1.87. The standard InChI is InChI=1S/C13H16F2N2O4/c1-3-4-13(2,19)7-16-12(18)9-5-8(14)6-10(11(9)15)17(20)21/h5-6,19H,3-4,7H2,1-2H3,(H,16,18). The van der Waals surface area contributed by atoms with Crippen LogP contribution in [-0.2, 0) is 0 Å². The molecule has 0 bridgehead atoms. The fourth-order valence-corrected chi connectivity index (χ4v) is 1.87. The molecule has 0 aliphatic rings. The maximum atomic E-state index is 13.8. The Morgan fingerprint density at radius 1 is 1.48 bits per heavy atom. The van der Waals surface area contributed by atoms with E-state index in [0.29, 0.717) is 25.0 Å². The first kappa shape index (κ1) is 17.0. The largest absolute Gasteiger partial charge is 0.388 e. The lowest BCUT2D eigenvalue weighted by Gasteiger charge is -2.22. The van der Waals surface area contributed by atoms with Crippen LogP contribution in [0.4, 0.5) is 14.5 Å². The average Bonchev–Trinajstić information content (AvgIpc) is 2.38. The summed E-state index contributed by atoms with van der Waals surface area (Å²) in [5.74, 6) is -3.52. The van der Waals surface area contributed by atoms with Crippen LogP contribution in [0, 0.1) is 21.7 Å². The predicted octanol–water partition coefficient (Wildman–Crippen LogP) is 2.15. The van der Waals surface area contributed by atoms with Crippen molar-refractivity contribution in [1.29, 1.82) is 0 Å². The van der Waals surface area contributed by atoms with E-state index >= 15 is 0 Å². The molecule has 0 radical (unpaired) electrons. The molecule has 0 saturated heterocycles. The number of nitrogens with one attached hydrogen (secondary N) is 1. The van der Waals surface area contributed by atoms with Crippen LogP contribution in [0.5, 0.6) is 0 Å². The third-order valence-corrected chi connectivity index (χ3v) is 2.88. The molecule has 1 unspecified atom stereocenters. The van der Waals surface area contributed by atoms with E-state index < -0.39 is 39.3 Å². The second-order valence-electron chi connectivity index (χ2n) is 4.97. The lowest BCUT2D eigenvalue weighted by Crippen LogP contribution is -2.40. The number of hydrogen-bond donors (Lipinski definition) is 2. The first-order chi connectivity index (χ1) is 9.68. The zero-order valence-electron chi connectivity index (χ0n) is 11.7. The first-order valence-electron chi connectivity index (χ1n) is 6.32. The molecule has 0 aliphatic heterocycles. The van der Waals surface area contributed by atoms with Gasteiger partial charge in [-0.2, -0.15) is 4.39 Å². The van der Waals surface area contributed by atoms with Gasteiger partial charge in [-0.15, -0.1) is 0 Å². The molecule has 21 heavy (non-hydrogen) atoms. The van der Waals surface area contributed by atoms with Crippen LogP contribution in [0.15, 0.2) is 12.1 Å². The zero-order valence-corrected chi connectivity index (χ0v) is 11.7. The Kier molecular flexibility index (Phi) is 5.31. The van der Waals surface area contributed by atoms with Gasteiger partial charge in [-0.05, 0) is 19.4 Å². The SMILES string of the molecule is CCCC(C)(O)CNC(=O)c1cc(F)cc([N+](=O)[O-])c1F. The van der Waals surface area contributed by atoms with Gasteiger partial charge in [-0.25, -0.2) is 4.39 Å². The number of halogens is 2. The van der Waals surface area contributed by atoms with E-state index in [9.17, 15) is 28.8 Å². The molecule has 8 heteroatoms. The van der Waals surface area contributed by atoms with Gasteiger partial charge in [0, 0.05) is 6.54 Å². The monoisotopic (exact) mass is 302 g/mol. The highest BCUT2D eigenvalue weighted by atomic mass is 19.1. The molecule has 2 N–H and O–H groups in total. The van der Waals surface area contributed by atoms with E-state index in [-0.39, 0.29) is 6.54 Å². The summed E-state index contributed by atoms with van der Waals surface area (Å²) in [6.07, 6.45) is 1.07. The van der Waals surface area contributed by atoms with Crippen LogP contribution in [0.3, 0.4) is 0 Å². The van der Waals surface area contributed by atoms with E-state index in [1.807, 2.05) is 6.92 Å². The number of carbonyl (C=O) groups is 1. The lowest BCUT2D eigenvalue weighted by atomic mass is 10.0. The third-order valence-electron chi connectivity index (χ3n) is 2.88. The number of rotatable bonds is 6. The van der Waals surface area contributed by atoms with E-state index in [4.69, 9.17) is 0 Å². The van der Waals surface area contributed by atoms with E-state index in [0.717, 1.165) is 0 Å². The molecular weight excluding hydrogens is 286 g/mol. The average molecular weight is 302 g/mol. The van der Waals surface area contributed by atoms with Crippen molar-refractivity contribution in [2.45, 2.75) is 32.3 Å². The number of carbonyl (C=O) groups excluding carboxylic acids is 1. The number of amides is 1. The second kappa shape index (κ2) is 6.57. The summed E-state index contributed by atoms with van der Waals surface area (Å²) in [7, 11) is 0. The van der Waals surface area contributed by atoms with Crippen LogP contribution >= 0.6 is 0 Å². The van der Waals surface area contributed by atoms with Crippen molar-refractivity contribution in [3.8, 4) is 0 Å². The van der Waals surface area contributed by atoms with Crippen molar-refractivity contribution in [3.05, 3.63) is 39.4 Å². The van der Waals surface area contributed by atoms with Crippen molar-refractivity contribution < 1.29 is 23.6 Å². The number of nitro groups is 1. The molecule has 116 valence electrons. The van der Waals surface area contributed by atoms with Crippen LogP contribution < -0.4 is 5.32 Å². The summed E-state index contributed by atoms with van der Waals surface area (Å²) in [5.41, 5.74) is -3.07. The Morgan fingerprint density at radius 3 is 2.62 bits per heavy atom. The lowest BCUT2D eigenvalue weighted by molar-refractivity contribution is -0.387. The minimum Gasteiger partial charge on any atom is -0.388 e. The van der Waals surface area contributed by atoms with Crippen molar-refractivity contribution in [3.63, 3.8) is 0 Å². The highest BCUT2D eigenvalue weighted by molar-refractivity contribution is 5.95. The Hall–Kier alpha value is -2.09. The second-order valence-corrected chi connectivity index (χ2v) is 4.97. The smallest absolute Gasteiger partial charge is 0.308 e.